The Morgan fingerprint density at radius 3 is 2.71 bits per heavy atom. The van der Waals surface area contributed by atoms with Gasteiger partial charge >= 0.3 is 6.03 Å². The van der Waals surface area contributed by atoms with Gasteiger partial charge in [-0.3, -0.25) is 0 Å². The Morgan fingerprint density at radius 1 is 1.71 bits per heavy atom. The predicted octanol–water partition coefficient (Wildman–Crippen LogP) is 0.855. The second-order valence-corrected chi connectivity index (χ2v) is 4.38. The summed E-state index contributed by atoms with van der Waals surface area (Å²) in [5, 5.41) is 2.91. The standard InChI is InChI=1S/C9H17N3OS/c1-6(5-8(10)14)12(2)9(13)11-7-3-4-7/h6-7H,3-5H2,1-2H3,(H2,10,14)(H,11,13). The van der Waals surface area contributed by atoms with Crippen molar-refractivity contribution in [3.05, 3.63) is 0 Å². The van der Waals surface area contributed by atoms with E-state index in [-0.39, 0.29) is 12.1 Å². The quantitative estimate of drug-likeness (QED) is 0.684. The largest absolute Gasteiger partial charge is 0.393 e. The minimum atomic E-state index is -0.0312. The van der Waals surface area contributed by atoms with Crippen molar-refractivity contribution in [1.82, 2.24) is 10.2 Å². The topological polar surface area (TPSA) is 58.4 Å². The Hall–Kier alpha value is -0.840. The van der Waals surface area contributed by atoms with Crippen LogP contribution >= 0.6 is 12.2 Å². The molecule has 2 amide bonds. The van der Waals surface area contributed by atoms with Gasteiger partial charge in [0.25, 0.3) is 0 Å². The zero-order valence-corrected chi connectivity index (χ0v) is 9.43. The number of rotatable bonds is 4. The lowest BCUT2D eigenvalue weighted by molar-refractivity contribution is 0.195. The maximum atomic E-state index is 11.5. The van der Waals surface area contributed by atoms with Crippen molar-refractivity contribution in [2.75, 3.05) is 7.05 Å². The van der Waals surface area contributed by atoms with E-state index in [1.54, 1.807) is 11.9 Å². The summed E-state index contributed by atoms with van der Waals surface area (Å²) < 4.78 is 0. The molecule has 0 saturated heterocycles. The van der Waals surface area contributed by atoms with Crippen LogP contribution in [0.15, 0.2) is 0 Å². The fraction of sp³-hybridized carbons (Fsp3) is 0.778. The van der Waals surface area contributed by atoms with Crippen LogP contribution in [0.2, 0.25) is 0 Å². The fourth-order valence-corrected chi connectivity index (χ4v) is 1.37. The van der Waals surface area contributed by atoms with Gasteiger partial charge in [-0.25, -0.2) is 4.79 Å². The predicted molar refractivity (Wildman–Crippen MR) is 60.2 cm³/mol. The molecular formula is C9H17N3OS. The molecule has 0 heterocycles. The van der Waals surface area contributed by atoms with Crippen molar-refractivity contribution in [2.24, 2.45) is 5.73 Å². The van der Waals surface area contributed by atoms with Crippen LogP contribution < -0.4 is 11.1 Å². The molecule has 5 heteroatoms. The van der Waals surface area contributed by atoms with Crippen molar-refractivity contribution in [2.45, 2.75) is 38.3 Å². The number of amides is 2. The molecule has 1 aliphatic carbocycles. The molecular weight excluding hydrogens is 198 g/mol. The van der Waals surface area contributed by atoms with Gasteiger partial charge in [0.15, 0.2) is 0 Å². The maximum Gasteiger partial charge on any atom is 0.317 e. The Balaban J connectivity index is 2.33. The first-order valence-electron chi connectivity index (χ1n) is 4.82. The smallest absolute Gasteiger partial charge is 0.317 e. The number of carbonyl (C=O) groups is 1. The Morgan fingerprint density at radius 2 is 2.29 bits per heavy atom. The third-order valence-electron chi connectivity index (χ3n) is 2.38. The van der Waals surface area contributed by atoms with E-state index in [1.165, 1.54) is 0 Å². The van der Waals surface area contributed by atoms with Crippen LogP contribution in [0.1, 0.15) is 26.2 Å². The van der Waals surface area contributed by atoms with Crippen LogP contribution in [0.25, 0.3) is 0 Å². The van der Waals surface area contributed by atoms with E-state index < -0.39 is 0 Å². The zero-order chi connectivity index (χ0) is 10.7. The third-order valence-corrected chi connectivity index (χ3v) is 2.55. The monoisotopic (exact) mass is 215 g/mol. The summed E-state index contributed by atoms with van der Waals surface area (Å²) in [7, 11) is 1.76. The van der Waals surface area contributed by atoms with E-state index >= 15 is 0 Å². The van der Waals surface area contributed by atoms with E-state index in [9.17, 15) is 4.79 Å². The summed E-state index contributed by atoms with van der Waals surface area (Å²) >= 11 is 4.80. The molecule has 1 aliphatic rings. The first-order chi connectivity index (χ1) is 6.50. The highest BCUT2D eigenvalue weighted by atomic mass is 32.1. The Kier molecular flexibility index (Phi) is 3.69. The van der Waals surface area contributed by atoms with Crippen LogP contribution in [-0.4, -0.2) is 35.1 Å². The summed E-state index contributed by atoms with van der Waals surface area (Å²) in [6, 6.07) is 0.421. The maximum absolute atomic E-state index is 11.5. The molecule has 0 aromatic carbocycles. The molecule has 0 aromatic heterocycles. The second-order valence-electron chi connectivity index (χ2n) is 3.85. The highest BCUT2D eigenvalue weighted by Gasteiger charge is 2.26. The Bertz CT molecular complexity index is 240. The average molecular weight is 215 g/mol. The van der Waals surface area contributed by atoms with E-state index in [0.29, 0.717) is 17.5 Å². The van der Waals surface area contributed by atoms with E-state index in [4.69, 9.17) is 18.0 Å². The van der Waals surface area contributed by atoms with Gasteiger partial charge in [-0.1, -0.05) is 12.2 Å². The summed E-state index contributed by atoms with van der Waals surface area (Å²) in [5.41, 5.74) is 5.42. The van der Waals surface area contributed by atoms with Gasteiger partial charge in [0.2, 0.25) is 0 Å². The molecule has 1 unspecified atom stereocenters. The van der Waals surface area contributed by atoms with Gasteiger partial charge in [0.05, 0.1) is 4.99 Å². The molecule has 3 N–H and O–H groups in total. The molecule has 1 atom stereocenters. The highest BCUT2D eigenvalue weighted by Crippen LogP contribution is 2.19. The fourth-order valence-electron chi connectivity index (χ4n) is 1.13. The van der Waals surface area contributed by atoms with Crippen molar-refractivity contribution in [1.29, 1.82) is 0 Å². The van der Waals surface area contributed by atoms with Crippen LogP contribution in [0.3, 0.4) is 0 Å². The van der Waals surface area contributed by atoms with E-state index in [2.05, 4.69) is 5.32 Å². The molecule has 0 radical (unpaired) electrons. The minimum absolute atomic E-state index is 0.0312. The minimum Gasteiger partial charge on any atom is -0.393 e. The molecule has 4 nitrogen and oxygen atoms in total. The second kappa shape index (κ2) is 4.59. The lowest BCUT2D eigenvalue weighted by atomic mass is 10.2. The zero-order valence-electron chi connectivity index (χ0n) is 8.62. The molecule has 0 aliphatic heterocycles. The number of nitrogens with zero attached hydrogens (tertiary/aromatic N) is 1. The molecule has 0 spiro atoms. The van der Waals surface area contributed by atoms with Gasteiger partial charge in [0, 0.05) is 25.6 Å². The van der Waals surface area contributed by atoms with Crippen LogP contribution in [0.5, 0.6) is 0 Å². The van der Waals surface area contributed by atoms with E-state index in [1.807, 2.05) is 6.92 Å². The SMILES string of the molecule is CC(CC(N)=S)N(C)C(=O)NC1CC1. The summed E-state index contributed by atoms with van der Waals surface area (Å²) in [4.78, 5) is 13.6. The lowest BCUT2D eigenvalue weighted by Gasteiger charge is -2.24. The summed E-state index contributed by atoms with van der Waals surface area (Å²) in [5.74, 6) is 0. The first-order valence-corrected chi connectivity index (χ1v) is 5.23. The molecule has 1 saturated carbocycles. The number of carbonyl (C=O) groups excluding carboxylic acids is 1. The number of thiocarbonyl (C=S) groups is 1. The van der Waals surface area contributed by atoms with Crippen molar-refractivity contribution in [3.8, 4) is 0 Å². The number of hydrogen-bond donors (Lipinski definition) is 2. The van der Waals surface area contributed by atoms with Crippen LogP contribution in [0, 0.1) is 0 Å². The molecule has 0 bridgehead atoms. The molecule has 80 valence electrons. The van der Waals surface area contributed by atoms with Gasteiger partial charge in [-0.2, -0.15) is 0 Å². The van der Waals surface area contributed by atoms with Crippen LogP contribution in [0.4, 0.5) is 4.79 Å². The lowest BCUT2D eigenvalue weighted by Crippen LogP contribution is -2.44. The van der Waals surface area contributed by atoms with Gasteiger partial charge < -0.3 is 16.0 Å². The van der Waals surface area contributed by atoms with Gasteiger partial charge in [-0.05, 0) is 19.8 Å². The molecule has 0 aromatic rings. The number of nitrogens with one attached hydrogen (secondary N) is 1. The summed E-state index contributed by atoms with van der Waals surface area (Å²) in [6.07, 6.45) is 2.77. The van der Waals surface area contributed by atoms with Gasteiger partial charge in [-0.15, -0.1) is 0 Å². The summed E-state index contributed by atoms with van der Waals surface area (Å²) in [6.45, 7) is 1.94. The number of nitrogens with two attached hydrogens (primary N) is 1. The van der Waals surface area contributed by atoms with Gasteiger partial charge in [0.1, 0.15) is 0 Å². The van der Waals surface area contributed by atoms with Crippen molar-refractivity contribution < 1.29 is 4.79 Å². The first kappa shape index (κ1) is 11.2. The molecule has 1 rings (SSSR count). The normalized spacial score (nSPS) is 17.3. The van der Waals surface area contributed by atoms with Crippen LogP contribution in [-0.2, 0) is 0 Å². The third kappa shape index (κ3) is 3.49. The average Bonchev–Trinajstić information content (AvgIpc) is 2.85. The van der Waals surface area contributed by atoms with Crippen molar-refractivity contribution in [3.63, 3.8) is 0 Å². The van der Waals surface area contributed by atoms with Crippen molar-refractivity contribution >= 4 is 23.2 Å². The number of hydrogen-bond acceptors (Lipinski definition) is 2. The number of urea groups is 1. The van der Waals surface area contributed by atoms with E-state index in [0.717, 1.165) is 12.8 Å². The molecule has 14 heavy (non-hydrogen) atoms. The molecule has 1 fully saturated rings. The Labute approximate surface area is 89.8 Å². The highest BCUT2D eigenvalue weighted by molar-refractivity contribution is 7.80.